The first kappa shape index (κ1) is 20.1. The molecule has 0 heterocycles. The largest absolute Gasteiger partial charge is 0.508 e. The lowest BCUT2D eigenvalue weighted by molar-refractivity contribution is 0.463. The number of unbranched alkanes of at least 4 members (excludes halogenated alkanes) is 5. The Bertz CT molecular complexity index is 451. The Kier molecular flexibility index (Phi) is 7.17. The third-order valence-corrected chi connectivity index (χ3v) is 4.63. The molecule has 1 nitrogen and oxygen atoms in total. The van der Waals surface area contributed by atoms with Crippen molar-refractivity contribution in [3.8, 4) is 5.75 Å². The summed E-state index contributed by atoms with van der Waals surface area (Å²) < 4.78 is 0. The van der Waals surface area contributed by atoms with Gasteiger partial charge in [0.2, 0.25) is 0 Å². The lowest BCUT2D eigenvalue weighted by atomic mass is 9.75. The Morgan fingerprint density at radius 2 is 1.17 bits per heavy atom. The molecule has 1 N–H and O–H groups in total. The first-order valence-corrected chi connectivity index (χ1v) is 9.44. The van der Waals surface area contributed by atoms with E-state index < -0.39 is 0 Å². The van der Waals surface area contributed by atoms with Crippen molar-refractivity contribution in [3.05, 3.63) is 28.8 Å². The van der Waals surface area contributed by atoms with Crippen molar-refractivity contribution in [3.63, 3.8) is 0 Å². The Balaban J connectivity index is 3.01. The van der Waals surface area contributed by atoms with Crippen molar-refractivity contribution in [1.82, 2.24) is 0 Å². The van der Waals surface area contributed by atoms with Gasteiger partial charge in [-0.1, -0.05) is 80.6 Å². The summed E-state index contributed by atoms with van der Waals surface area (Å²) in [4.78, 5) is 0. The minimum atomic E-state index is 0.0658. The van der Waals surface area contributed by atoms with Crippen molar-refractivity contribution in [2.45, 2.75) is 104 Å². The number of aromatic hydroxyl groups is 1. The summed E-state index contributed by atoms with van der Waals surface area (Å²) in [5, 5.41) is 10.2. The molecule has 0 fully saturated rings. The second-order valence-corrected chi connectivity index (χ2v) is 9.04. The van der Waals surface area contributed by atoms with Crippen molar-refractivity contribution in [1.29, 1.82) is 0 Å². The number of phenols is 1. The molecule has 132 valence electrons. The normalized spacial score (nSPS) is 12.7. The van der Waals surface area contributed by atoms with Crippen LogP contribution in [-0.2, 0) is 17.3 Å². The molecule has 0 aliphatic carbocycles. The first-order valence-electron chi connectivity index (χ1n) is 9.44. The molecular formula is C22H38O. The molecule has 0 atom stereocenters. The van der Waals surface area contributed by atoms with E-state index in [1.54, 1.807) is 0 Å². The molecule has 0 aliphatic rings. The minimum absolute atomic E-state index is 0.0658. The summed E-state index contributed by atoms with van der Waals surface area (Å²) in [6, 6.07) is 3.98. The van der Waals surface area contributed by atoms with E-state index in [1.165, 1.54) is 55.2 Å². The Hall–Kier alpha value is -0.980. The van der Waals surface area contributed by atoms with Crippen molar-refractivity contribution >= 4 is 0 Å². The fourth-order valence-corrected chi connectivity index (χ4v) is 3.35. The van der Waals surface area contributed by atoms with E-state index in [0.717, 1.165) is 6.42 Å². The quantitative estimate of drug-likeness (QED) is 0.543. The second-order valence-electron chi connectivity index (χ2n) is 9.04. The molecule has 1 aromatic carbocycles. The maximum absolute atomic E-state index is 10.2. The van der Waals surface area contributed by atoms with Crippen molar-refractivity contribution in [2.75, 3.05) is 0 Å². The molecule has 23 heavy (non-hydrogen) atoms. The average molecular weight is 319 g/mol. The zero-order chi connectivity index (χ0) is 17.7. The van der Waals surface area contributed by atoms with Gasteiger partial charge in [0.1, 0.15) is 5.75 Å². The zero-order valence-corrected chi connectivity index (χ0v) is 16.6. The zero-order valence-electron chi connectivity index (χ0n) is 16.6. The molecule has 1 rings (SSSR count). The molecule has 0 aromatic heterocycles. The maximum atomic E-state index is 10.2. The summed E-state index contributed by atoms with van der Waals surface area (Å²) in [6.45, 7) is 15.8. The van der Waals surface area contributed by atoms with Crippen LogP contribution in [0.25, 0.3) is 0 Å². The Morgan fingerprint density at radius 3 is 1.61 bits per heavy atom. The summed E-state index contributed by atoms with van der Waals surface area (Å²) in [5.41, 5.74) is 4.23. The summed E-state index contributed by atoms with van der Waals surface area (Å²) in [5.74, 6) is 0.409. The van der Waals surface area contributed by atoms with E-state index in [1.807, 2.05) is 12.1 Å². The fraction of sp³-hybridized carbons (Fsp3) is 0.727. The highest BCUT2D eigenvalue weighted by Crippen LogP contribution is 2.37. The lowest BCUT2D eigenvalue weighted by Crippen LogP contribution is -2.21. The van der Waals surface area contributed by atoms with E-state index in [0.29, 0.717) is 5.75 Å². The van der Waals surface area contributed by atoms with Gasteiger partial charge in [-0.25, -0.2) is 0 Å². The molecule has 0 saturated heterocycles. The van der Waals surface area contributed by atoms with Crippen LogP contribution in [0.5, 0.6) is 5.75 Å². The van der Waals surface area contributed by atoms with Gasteiger partial charge < -0.3 is 5.11 Å². The second kappa shape index (κ2) is 8.22. The van der Waals surface area contributed by atoms with Gasteiger partial charge in [0.25, 0.3) is 0 Å². The van der Waals surface area contributed by atoms with Crippen LogP contribution in [0.4, 0.5) is 0 Å². The summed E-state index contributed by atoms with van der Waals surface area (Å²) in [7, 11) is 0. The number of hydrogen-bond acceptors (Lipinski definition) is 1. The van der Waals surface area contributed by atoms with E-state index in [4.69, 9.17) is 0 Å². The Morgan fingerprint density at radius 1 is 0.739 bits per heavy atom. The molecular weight excluding hydrogens is 280 g/mol. The number of hydrogen-bond donors (Lipinski definition) is 1. The van der Waals surface area contributed by atoms with E-state index in [-0.39, 0.29) is 10.8 Å². The SMILES string of the molecule is CCCCCCCCc1c(C(C)(C)C)cc(O)cc1C(C)(C)C. The molecule has 1 aromatic rings. The van der Waals surface area contributed by atoms with Crippen LogP contribution < -0.4 is 0 Å². The average Bonchev–Trinajstić information content (AvgIpc) is 2.41. The van der Waals surface area contributed by atoms with E-state index in [9.17, 15) is 5.11 Å². The minimum Gasteiger partial charge on any atom is -0.508 e. The third kappa shape index (κ3) is 6.20. The molecule has 1 heteroatoms. The molecule has 0 unspecified atom stereocenters. The highest BCUT2D eigenvalue weighted by molar-refractivity contribution is 5.47. The standard InChI is InChI=1S/C22H38O/c1-8-9-10-11-12-13-14-18-19(21(2,3)4)15-17(23)16-20(18)22(5,6)7/h15-16,23H,8-14H2,1-7H3. The molecule has 0 amide bonds. The van der Waals surface area contributed by atoms with Gasteiger partial charge in [0.15, 0.2) is 0 Å². The molecule has 0 aliphatic heterocycles. The number of rotatable bonds is 7. The Labute approximate surface area is 144 Å². The molecule has 0 bridgehead atoms. The smallest absolute Gasteiger partial charge is 0.116 e. The van der Waals surface area contributed by atoms with Crippen LogP contribution in [0.1, 0.15) is 104 Å². The molecule has 0 saturated carbocycles. The molecule has 0 spiro atoms. The molecule has 0 radical (unpaired) electrons. The van der Waals surface area contributed by atoms with Crippen LogP contribution in [0, 0.1) is 0 Å². The van der Waals surface area contributed by atoms with Gasteiger partial charge in [-0.05, 0) is 52.5 Å². The topological polar surface area (TPSA) is 20.2 Å². The monoisotopic (exact) mass is 318 g/mol. The fourth-order valence-electron chi connectivity index (χ4n) is 3.35. The van der Waals surface area contributed by atoms with Gasteiger partial charge in [0, 0.05) is 0 Å². The predicted octanol–water partition coefficient (Wildman–Crippen LogP) is 6.89. The van der Waals surface area contributed by atoms with Crippen LogP contribution >= 0.6 is 0 Å². The lowest BCUT2D eigenvalue weighted by Gasteiger charge is -2.30. The first-order chi connectivity index (χ1) is 10.6. The van der Waals surface area contributed by atoms with Gasteiger partial charge in [-0.15, -0.1) is 0 Å². The van der Waals surface area contributed by atoms with Gasteiger partial charge in [-0.2, -0.15) is 0 Å². The number of benzene rings is 1. The highest BCUT2D eigenvalue weighted by atomic mass is 16.3. The summed E-state index contributed by atoms with van der Waals surface area (Å²) in [6.07, 6.45) is 9.08. The van der Waals surface area contributed by atoms with Crippen molar-refractivity contribution in [2.24, 2.45) is 0 Å². The van der Waals surface area contributed by atoms with Gasteiger partial charge in [0.05, 0.1) is 0 Å². The van der Waals surface area contributed by atoms with E-state index in [2.05, 4.69) is 48.5 Å². The number of phenolic OH excluding ortho intramolecular Hbond substituents is 1. The van der Waals surface area contributed by atoms with Crippen LogP contribution in [0.2, 0.25) is 0 Å². The van der Waals surface area contributed by atoms with Crippen LogP contribution in [-0.4, -0.2) is 5.11 Å². The van der Waals surface area contributed by atoms with Gasteiger partial charge >= 0.3 is 0 Å². The van der Waals surface area contributed by atoms with Crippen LogP contribution in [0.15, 0.2) is 12.1 Å². The van der Waals surface area contributed by atoms with Crippen molar-refractivity contribution < 1.29 is 5.11 Å². The summed E-state index contributed by atoms with van der Waals surface area (Å²) >= 11 is 0. The van der Waals surface area contributed by atoms with Gasteiger partial charge in [-0.3, -0.25) is 0 Å². The predicted molar refractivity (Wildman–Crippen MR) is 103 cm³/mol. The maximum Gasteiger partial charge on any atom is 0.116 e. The highest BCUT2D eigenvalue weighted by Gasteiger charge is 2.26. The van der Waals surface area contributed by atoms with Crippen LogP contribution in [0.3, 0.4) is 0 Å². The van der Waals surface area contributed by atoms with E-state index >= 15 is 0 Å². The third-order valence-electron chi connectivity index (χ3n) is 4.63.